The first-order valence-corrected chi connectivity index (χ1v) is 8.63. The first kappa shape index (κ1) is 18.2. The fraction of sp³-hybridized carbons (Fsp3) is 0.474. The standard InChI is InChI=1S/C19H27N3O2/c1-4-22(5-2)18(19(23)24)11-10-14(3)21-17-12-13-20-16-9-7-6-8-15(16)17/h6-9,12-14,18H,4-5,10-11H2,1-3H3,(H,20,21)(H,23,24). The van der Waals surface area contributed by atoms with Crippen molar-refractivity contribution < 1.29 is 9.90 Å². The number of rotatable bonds is 9. The second-order valence-electron chi connectivity index (χ2n) is 6.07. The van der Waals surface area contributed by atoms with Crippen LogP contribution in [0.4, 0.5) is 5.69 Å². The van der Waals surface area contributed by atoms with Crippen LogP contribution < -0.4 is 5.32 Å². The van der Waals surface area contributed by atoms with E-state index in [9.17, 15) is 9.90 Å². The number of pyridine rings is 1. The minimum atomic E-state index is -0.736. The Morgan fingerprint density at radius 2 is 1.92 bits per heavy atom. The summed E-state index contributed by atoms with van der Waals surface area (Å²) in [5.74, 6) is -0.736. The highest BCUT2D eigenvalue weighted by molar-refractivity contribution is 5.90. The third kappa shape index (κ3) is 4.45. The number of carbonyl (C=O) groups is 1. The van der Waals surface area contributed by atoms with Crippen molar-refractivity contribution in [3.8, 4) is 0 Å². The molecule has 0 aliphatic carbocycles. The molecule has 0 saturated heterocycles. The molecule has 2 N–H and O–H groups in total. The van der Waals surface area contributed by atoms with Crippen molar-refractivity contribution >= 4 is 22.6 Å². The molecule has 5 nitrogen and oxygen atoms in total. The van der Waals surface area contributed by atoms with Crippen LogP contribution in [0.25, 0.3) is 10.9 Å². The average Bonchev–Trinajstić information content (AvgIpc) is 2.58. The minimum Gasteiger partial charge on any atom is -0.480 e. The molecule has 130 valence electrons. The van der Waals surface area contributed by atoms with E-state index in [1.165, 1.54) is 0 Å². The molecule has 0 aliphatic heterocycles. The van der Waals surface area contributed by atoms with Gasteiger partial charge >= 0.3 is 5.97 Å². The van der Waals surface area contributed by atoms with Crippen molar-refractivity contribution in [1.29, 1.82) is 0 Å². The minimum absolute atomic E-state index is 0.188. The van der Waals surface area contributed by atoms with E-state index in [4.69, 9.17) is 0 Å². The first-order valence-electron chi connectivity index (χ1n) is 8.63. The van der Waals surface area contributed by atoms with Crippen LogP contribution in [-0.2, 0) is 4.79 Å². The molecular weight excluding hydrogens is 302 g/mol. The molecule has 0 bridgehead atoms. The van der Waals surface area contributed by atoms with Crippen molar-refractivity contribution in [2.24, 2.45) is 0 Å². The van der Waals surface area contributed by atoms with E-state index in [1.54, 1.807) is 6.20 Å². The van der Waals surface area contributed by atoms with Crippen LogP contribution >= 0.6 is 0 Å². The van der Waals surface area contributed by atoms with E-state index >= 15 is 0 Å². The molecule has 24 heavy (non-hydrogen) atoms. The summed E-state index contributed by atoms with van der Waals surface area (Å²) in [5, 5.41) is 14.1. The lowest BCUT2D eigenvalue weighted by Gasteiger charge is -2.27. The predicted molar refractivity (Wildman–Crippen MR) is 98.4 cm³/mol. The lowest BCUT2D eigenvalue weighted by atomic mass is 10.0. The lowest BCUT2D eigenvalue weighted by Crippen LogP contribution is -2.41. The molecule has 0 fully saturated rings. The molecule has 0 saturated carbocycles. The van der Waals surface area contributed by atoms with Crippen molar-refractivity contribution in [3.63, 3.8) is 0 Å². The van der Waals surface area contributed by atoms with E-state index in [0.29, 0.717) is 6.42 Å². The van der Waals surface area contributed by atoms with Gasteiger partial charge in [0.05, 0.1) is 5.52 Å². The molecule has 0 radical (unpaired) electrons. The normalized spacial score (nSPS) is 13.8. The van der Waals surface area contributed by atoms with Crippen LogP contribution in [0.2, 0.25) is 0 Å². The maximum Gasteiger partial charge on any atom is 0.320 e. The van der Waals surface area contributed by atoms with Crippen molar-refractivity contribution in [1.82, 2.24) is 9.88 Å². The van der Waals surface area contributed by atoms with Crippen LogP contribution in [-0.4, -0.2) is 46.1 Å². The number of nitrogens with zero attached hydrogens (tertiary/aromatic N) is 2. The van der Waals surface area contributed by atoms with E-state index in [2.05, 4.69) is 17.2 Å². The summed E-state index contributed by atoms with van der Waals surface area (Å²) in [6.07, 6.45) is 3.23. The largest absolute Gasteiger partial charge is 0.480 e. The molecule has 2 aromatic rings. The second-order valence-corrected chi connectivity index (χ2v) is 6.07. The van der Waals surface area contributed by atoms with Gasteiger partial charge in [-0.15, -0.1) is 0 Å². The molecule has 5 heteroatoms. The average molecular weight is 329 g/mol. The zero-order chi connectivity index (χ0) is 17.5. The molecule has 1 aromatic heterocycles. The van der Waals surface area contributed by atoms with Gasteiger partial charge in [-0.3, -0.25) is 14.7 Å². The Bertz CT molecular complexity index is 665. The number of aliphatic carboxylic acids is 1. The summed E-state index contributed by atoms with van der Waals surface area (Å²) in [6.45, 7) is 7.61. The zero-order valence-electron chi connectivity index (χ0n) is 14.7. The van der Waals surface area contributed by atoms with Gasteiger partial charge in [0.25, 0.3) is 0 Å². The van der Waals surface area contributed by atoms with Gasteiger partial charge in [-0.1, -0.05) is 32.0 Å². The summed E-state index contributed by atoms with van der Waals surface area (Å²) in [7, 11) is 0. The number of hydrogen-bond acceptors (Lipinski definition) is 4. The van der Waals surface area contributed by atoms with Gasteiger partial charge in [0, 0.05) is 23.3 Å². The number of hydrogen-bond donors (Lipinski definition) is 2. The molecule has 1 aromatic carbocycles. The maximum atomic E-state index is 11.5. The van der Waals surface area contributed by atoms with Gasteiger partial charge in [-0.25, -0.2) is 0 Å². The van der Waals surface area contributed by atoms with Crippen molar-refractivity contribution in [2.45, 2.75) is 45.7 Å². The second kappa shape index (κ2) is 8.64. The lowest BCUT2D eigenvalue weighted by molar-refractivity contribution is -0.143. The quantitative estimate of drug-likeness (QED) is 0.736. The third-order valence-corrected chi connectivity index (χ3v) is 4.46. The number of carboxylic acid groups (broad SMARTS) is 1. The Balaban J connectivity index is 2.01. The van der Waals surface area contributed by atoms with Crippen LogP contribution in [0, 0.1) is 0 Å². The predicted octanol–water partition coefficient (Wildman–Crippen LogP) is 3.61. The van der Waals surface area contributed by atoms with E-state index in [-0.39, 0.29) is 6.04 Å². The Hall–Kier alpha value is -2.14. The molecule has 1 heterocycles. The Labute approximate surface area is 143 Å². The number of benzene rings is 1. The van der Waals surface area contributed by atoms with E-state index in [1.807, 2.05) is 49.1 Å². The topological polar surface area (TPSA) is 65.5 Å². The monoisotopic (exact) mass is 329 g/mol. The summed E-state index contributed by atoms with van der Waals surface area (Å²) in [5.41, 5.74) is 2.00. The van der Waals surface area contributed by atoms with Gasteiger partial charge in [-0.05, 0) is 45.0 Å². The zero-order valence-corrected chi connectivity index (χ0v) is 14.7. The molecule has 2 rings (SSSR count). The van der Waals surface area contributed by atoms with Gasteiger partial charge < -0.3 is 10.4 Å². The number of anilines is 1. The number of nitrogens with one attached hydrogen (secondary N) is 1. The highest BCUT2D eigenvalue weighted by Crippen LogP contribution is 2.22. The Morgan fingerprint density at radius 1 is 1.21 bits per heavy atom. The molecule has 0 spiro atoms. The van der Waals surface area contributed by atoms with Crippen LogP contribution in [0.5, 0.6) is 0 Å². The molecule has 0 aliphatic rings. The molecule has 2 unspecified atom stereocenters. The molecular formula is C19H27N3O2. The van der Waals surface area contributed by atoms with E-state index in [0.717, 1.165) is 36.1 Å². The summed E-state index contributed by atoms with van der Waals surface area (Å²) >= 11 is 0. The van der Waals surface area contributed by atoms with Gasteiger partial charge in [0.1, 0.15) is 6.04 Å². The van der Waals surface area contributed by atoms with Gasteiger partial charge in [0.2, 0.25) is 0 Å². The van der Waals surface area contributed by atoms with Crippen molar-refractivity contribution in [2.75, 3.05) is 18.4 Å². The van der Waals surface area contributed by atoms with Crippen LogP contribution in [0.3, 0.4) is 0 Å². The molecule has 2 atom stereocenters. The number of carboxylic acids is 1. The smallest absolute Gasteiger partial charge is 0.320 e. The Kier molecular flexibility index (Phi) is 6.55. The summed E-state index contributed by atoms with van der Waals surface area (Å²) in [4.78, 5) is 17.9. The summed E-state index contributed by atoms with van der Waals surface area (Å²) < 4.78 is 0. The van der Waals surface area contributed by atoms with Crippen LogP contribution in [0.1, 0.15) is 33.6 Å². The number of likely N-dealkylation sites (N-methyl/N-ethyl adjacent to an activating group) is 1. The maximum absolute atomic E-state index is 11.5. The SMILES string of the molecule is CCN(CC)C(CCC(C)Nc1ccnc2ccccc12)C(=O)O. The highest BCUT2D eigenvalue weighted by Gasteiger charge is 2.23. The highest BCUT2D eigenvalue weighted by atomic mass is 16.4. The summed E-state index contributed by atoms with van der Waals surface area (Å²) in [6, 6.07) is 9.76. The number of fused-ring (bicyclic) bond motifs is 1. The molecule has 0 amide bonds. The fourth-order valence-electron chi connectivity index (χ4n) is 3.09. The Morgan fingerprint density at radius 3 is 2.58 bits per heavy atom. The fourth-order valence-corrected chi connectivity index (χ4v) is 3.09. The third-order valence-electron chi connectivity index (χ3n) is 4.46. The van der Waals surface area contributed by atoms with Crippen molar-refractivity contribution in [3.05, 3.63) is 36.5 Å². The van der Waals surface area contributed by atoms with Crippen LogP contribution in [0.15, 0.2) is 36.5 Å². The number of para-hydroxylation sites is 1. The first-order chi connectivity index (χ1) is 11.6. The van der Waals surface area contributed by atoms with Gasteiger partial charge in [0.15, 0.2) is 0 Å². The van der Waals surface area contributed by atoms with Gasteiger partial charge in [-0.2, -0.15) is 0 Å². The van der Waals surface area contributed by atoms with E-state index < -0.39 is 12.0 Å². The number of aromatic nitrogens is 1.